The van der Waals surface area contributed by atoms with Crippen LogP contribution >= 0.6 is 15.9 Å². The molecule has 0 aliphatic carbocycles. The second-order valence-corrected chi connectivity index (χ2v) is 6.28. The first kappa shape index (κ1) is 17.5. The maximum Gasteiger partial charge on any atom is 0.259 e. The van der Waals surface area contributed by atoms with Gasteiger partial charge >= 0.3 is 0 Å². The normalized spacial score (nSPS) is 10.3. The number of amides is 1. The first-order valence-electron chi connectivity index (χ1n) is 7.99. The SMILES string of the molecule is CCCCCCOc1ccccc1C(=O)Nc1ccc(Br)cc1. The van der Waals surface area contributed by atoms with Crippen LogP contribution in [0.5, 0.6) is 5.75 Å². The van der Waals surface area contributed by atoms with E-state index < -0.39 is 0 Å². The van der Waals surface area contributed by atoms with Crippen LogP contribution in [0.4, 0.5) is 5.69 Å². The fourth-order valence-electron chi connectivity index (χ4n) is 2.22. The number of carbonyl (C=O) groups excluding carboxylic acids is 1. The molecule has 0 fully saturated rings. The summed E-state index contributed by atoms with van der Waals surface area (Å²) in [6, 6.07) is 14.9. The smallest absolute Gasteiger partial charge is 0.259 e. The molecule has 23 heavy (non-hydrogen) atoms. The average molecular weight is 376 g/mol. The molecular formula is C19H22BrNO2. The number of unbranched alkanes of at least 4 members (excludes halogenated alkanes) is 3. The van der Waals surface area contributed by atoms with Gasteiger partial charge in [-0.2, -0.15) is 0 Å². The number of benzene rings is 2. The van der Waals surface area contributed by atoms with E-state index in [2.05, 4.69) is 28.2 Å². The van der Waals surface area contributed by atoms with E-state index in [0.29, 0.717) is 17.9 Å². The molecule has 0 aliphatic heterocycles. The summed E-state index contributed by atoms with van der Waals surface area (Å²) in [6.45, 7) is 2.82. The summed E-state index contributed by atoms with van der Waals surface area (Å²) >= 11 is 3.38. The van der Waals surface area contributed by atoms with Gasteiger partial charge in [-0.1, -0.05) is 54.2 Å². The van der Waals surface area contributed by atoms with Gasteiger partial charge < -0.3 is 10.1 Å². The van der Waals surface area contributed by atoms with Gasteiger partial charge in [0.05, 0.1) is 12.2 Å². The maximum atomic E-state index is 12.5. The molecule has 0 unspecified atom stereocenters. The van der Waals surface area contributed by atoms with E-state index in [1.54, 1.807) is 6.07 Å². The molecule has 2 rings (SSSR count). The standard InChI is InChI=1S/C19H22BrNO2/c1-2-3-4-7-14-23-18-9-6-5-8-17(18)19(22)21-16-12-10-15(20)11-13-16/h5-6,8-13H,2-4,7,14H2,1H3,(H,21,22). The second kappa shape index (κ2) is 9.36. The Morgan fingerprint density at radius 3 is 2.52 bits per heavy atom. The third kappa shape index (κ3) is 5.71. The van der Waals surface area contributed by atoms with Crippen molar-refractivity contribution in [3.05, 3.63) is 58.6 Å². The van der Waals surface area contributed by atoms with Gasteiger partial charge in [-0.15, -0.1) is 0 Å². The number of para-hydroxylation sites is 1. The van der Waals surface area contributed by atoms with Crippen LogP contribution in [0.25, 0.3) is 0 Å². The van der Waals surface area contributed by atoms with Crippen molar-refractivity contribution in [1.82, 2.24) is 0 Å². The predicted molar refractivity (Wildman–Crippen MR) is 98.2 cm³/mol. The highest BCUT2D eigenvalue weighted by atomic mass is 79.9. The van der Waals surface area contributed by atoms with E-state index in [4.69, 9.17) is 4.74 Å². The Bertz CT molecular complexity index is 626. The highest BCUT2D eigenvalue weighted by molar-refractivity contribution is 9.10. The fourth-order valence-corrected chi connectivity index (χ4v) is 2.49. The first-order valence-corrected chi connectivity index (χ1v) is 8.78. The summed E-state index contributed by atoms with van der Waals surface area (Å²) in [5.74, 6) is 0.482. The Labute approximate surface area is 146 Å². The van der Waals surface area contributed by atoms with Crippen molar-refractivity contribution < 1.29 is 9.53 Å². The van der Waals surface area contributed by atoms with Crippen LogP contribution in [0.15, 0.2) is 53.0 Å². The summed E-state index contributed by atoms with van der Waals surface area (Å²) in [5, 5.41) is 2.90. The van der Waals surface area contributed by atoms with Crippen molar-refractivity contribution in [3.63, 3.8) is 0 Å². The molecule has 2 aromatic carbocycles. The van der Waals surface area contributed by atoms with E-state index >= 15 is 0 Å². The van der Waals surface area contributed by atoms with E-state index in [0.717, 1.165) is 23.0 Å². The van der Waals surface area contributed by atoms with Crippen LogP contribution in [0.2, 0.25) is 0 Å². The van der Waals surface area contributed by atoms with Gasteiger partial charge in [0.1, 0.15) is 5.75 Å². The lowest BCUT2D eigenvalue weighted by Crippen LogP contribution is -2.13. The van der Waals surface area contributed by atoms with Crippen molar-refractivity contribution in [1.29, 1.82) is 0 Å². The molecule has 1 amide bonds. The van der Waals surface area contributed by atoms with Crippen LogP contribution < -0.4 is 10.1 Å². The number of nitrogens with one attached hydrogen (secondary N) is 1. The van der Waals surface area contributed by atoms with Crippen molar-refractivity contribution in [2.75, 3.05) is 11.9 Å². The number of rotatable bonds is 8. The minimum absolute atomic E-state index is 0.156. The second-order valence-electron chi connectivity index (χ2n) is 5.37. The summed E-state index contributed by atoms with van der Waals surface area (Å²) in [7, 11) is 0. The van der Waals surface area contributed by atoms with Crippen LogP contribution in [0.1, 0.15) is 43.0 Å². The number of hydrogen-bond acceptors (Lipinski definition) is 2. The minimum Gasteiger partial charge on any atom is -0.493 e. The largest absolute Gasteiger partial charge is 0.493 e. The topological polar surface area (TPSA) is 38.3 Å². The third-order valence-corrected chi connectivity index (χ3v) is 4.02. The number of hydrogen-bond donors (Lipinski definition) is 1. The van der Waals surface area contributed by atoms with Gasteiger partial charge in [0.25, 0.3) is 5.91 Å². The maximum absolute atomic E-state index is 12.5. The van der Waals surface area contributed by atoms with Gasteiger partial charge in [-0.05, 0) is 42.8 Å². The van der Waals surface area contributed by atoms with Crippen LogP contribution in [-0.2, 0) is 0 Å². The highest BCUT2D eigenvalue weighted by Gasteiger charge is 2.12. The number of anilines is 1. The molecule has 3 nitrogen and oxygen atoms in total. The lowest BCUT2D eigenvalue weighted by molar-refractivity contribution is 0.102. The predicted octanol–water partition coefficient (Wildman–Crippen LogP) is 5.66. The zero-order valence-electron chi connectivity index (χ0n) is 13.3. The van der Waals surface area contributed by atoms with Gasteiger partial charge in [0.15, 0.2) is 0 Å². The zero-order chi connectivity index (χ0) is 16.5. The molecule has 0 saturated carbocycles. The molecule has 0 saturated heterocycles. The van der Waals surface area contributed by atoms with Gasteiger partial charge in [0.2, 0.25) is 0 Å². The minimum atomic E-state index is -0.156. The van der Waals surface area contributed by atoms with Crippen LogP contribution in [-0.4, -0.2) is 12.5 Å². The lowest BCUT2D eigenvalue weighted by atomic mass is 10.1. The quantitative estimate of drug-likeness (QED) is 0.604. The van der Waals surface area contributed by atoms with Crippen LogP contribution in [0.3, 0.4) is 0 Å². The molecule has 1 N–H and O–H groups in total. The molecular weight excluding hydrogens is 354 g/mol. The van der Waals surface area contributed by atoms with E-state index in [9.17, 15) is 4.79 Å². The molecule has 0 atom stereocenters. The van der Waals surface area contributed by atoms with Crippen LogP contribution in [0, 0.1) is 0 Å². The van der Waals surface area contributed by atoms with E-state index in [1.165, 1.54) is 12.8 Å². The lowest BCUT2D eigenvalue weighted by Gasteiger charge is -2.11. The monoisotopic (exact) mass is 375 g/mol. The van der Waals surface area contributed by atoms with Gasteiger partial charge in [-0.3, -0.25) is 4.79 Å². The Morgan fingerprint density at radius 2 is 1.78 bits per heavy atom. The van der Waals surface area contributed by atoms with E-state index in [-0.39, 0.29) is 5.91 Å². The molecule has 0 aliphatic rings. The number of ether oxygens (including phenoxy) is 1. The van der Waals surface area contributed by atoms with Gasteiger partial charge in [0, 0.05) is 10.2 Å². The van der Waals surface area contributed by atoms with Gasteiger partial charge in [-0.25, -0.2) is 0 Å². The Hall–Kier alpha value is -1.81. The molecule has 0 heterocycles. The van der Waals surface area contributed by atoms with Crippen molar-refractivity contribution in [2.24, 2.45) is 0 Å². The Balaban J connectivity index is 1.98. The number of carbonyl (C=O) groups is 1. The highest BCUT2D eigenvalue weighted by Crippen LogP contribution is 2.21. The molecule has 2 aromatic rings. The summed E-state index contributed by atoms with van der Waals surface area (Å²) in [4.78, 5) is 12.5. The first-order chi connectivity index (χ1) is 11.2. The molecule has 0 spiro atoms. The molecule has 122 valence electrons. The molecule has 0 bridgehead atoms. The zero-order valence-corrected chi connectivity index (χ0v) is 14.9. The Kier molecular flexibility index (Phi) is 7.14. The molecule has 0 radical (unpaired) electrons. The fraction of sp³-hybridized carbons (Fsp3) is 0.316. The summed E-state index contributed by atoms with van der Waals surface area (Å²) in [5.41, 5.74) is 1.32. The third-order valence-electron chi connectivity index (χ3n) is 3.49. The number of halogens is 1. The Morgan fingerprint density at radius 1 is 1.04 bits per heavy atom. The van der Waals surface area contributed by atoms with E-state index in [1.807, 2.05) is 42.5 Å². The molecule has 0 aromatic heterocycles. The summed E-state index contributed by atoms with van der Waals surface area (Å²) in [6.07, 6.45) is 4.58. The average Bonchev–Trinajstić information content (AvgIpc) is 2.57. The van der Waals surface area contributed by atoms with Crippen molar-refractivity contribution in [2.45, 2.75) is 32.6 Å². The van der Waals surface area contributed by atoms with Crippen molar-refractivity contribution >= 4 is 27.5 Å². The summed E-state index contributed by atoms with van der Waals surface area (Å²) < 4.78 is 6.77. The molecule has 4 heteroatoms. The van der Waals surface area contributed by atoms with Crippen molar-refractivity contribution in [3.8, 4) is 5.75 Å².